The molecule has 1 N–H and O–H groups in total. The van der Waals surface area contributed by atoms with Crippen LogP contribution in [0.25, 0.3) is 0 Å². The quantitative estimate of drug-likeness (QED) is 0.863. The Kier molecular flexibility index (Phi) is 5.81. The SMILES string of the molecule is CCN1C(C(=O)NCC2=CCCC=C2Cl)CCCS1=O. The maximum Gasteiger partial charge on any atom is 0.238 e. The minimum atomic E-state index is -1.02. The number of carbonyl (C=O) groups is 1. The highest BCUT2D eigenvalue weighted by Gasteiger charge is 2.32. The zero-order valence-corrected chi connectivity index (χ0v) is 13.3. The van der Waals surface area contributed by atoms with E-state index < -0.39 is 11.0 Å². The number of hydrogen-bond donors (Lipinski definition) is 1. The van der Waals surface area contributed by atoms with Crippen molar-refractivity contribution in [2.45, 2.75) is 38.6 Å². The molecule has 0 aromatic carbocycles. The molecule has 1 aliphatic heterocycles. The summed E-state index contributed by atoms with van der Waals surface area (Å²) < 4.78 is 13.7. The molecule has 0 aromatic heterocycles. The average molecular weight is 317 g/mol. The van der Waals surface area contributed by atoms with Gasteiger partial charge in [-0.1, -0.05) is 30.7 Å². The van der Waals surface area contributed by atoms with Crippen LogP contribution in [0.2, 0.25) is 0 Å². The molecule has 112 valence electrons. The first-order valence-electron chi connectivity index (χ1n) is 7.11. The van der Waals surface area contributed by atoms with Crippen molar-refractivity contribution in [2.24, 2.45) is 0 Å². The molecule has 0 bridgehead atoms. The van der Waals surface area contributed by atoms with Crippen LogP contribution in [-0.4, -0.2) is 39.3 Å². The highest BCUT2D eigenvalue weighted by Crippen LogP contribution is 2.22. The number of amides is 1. The van der Waals surface area contributed by atoms with E-state index in [1.54, 1.807) is 4.31 Å². The monoisotopic (exact) mass is 316 g/mol. The normalized spacial score (nSPS) is 27.7. The van der Waals surface area contributed by atoms with Gasteiger partial charge in [0.15, 0.2) is 0 Å². The van der Waals surface area contributed by atoms with Crippen LogP contribution in [0.5, 0.6) is 0 Å². The van der Waals surface area contributed by atoms with Crippen molar-refractivity contribution in [3.05, 3.63) is 22.8 Å². The molecule has 1 saturated heterocycles. The zero-order chi connectivity index (χ0) is 14.5. The highest BCUT2D eigenvalue weighted by molar-refractivity contribution is 7.82. The molecule has 2 atom stereocenters. The Morgan fingerprint density at radius 2 is 2.25 bits per heavy atom. The molecule has 1 heterocycles. The molecule has 1 amide bonds. The van der Waals surface area contributed by atoms with Gasteiger partial charge < -0.3 is 5.32 Å². The van der Waals surface area contributed by atoms with Crippen molar-refractivity contribution < 1.29 is 9.00 Å². The summed E-state index contributed by atoms with van der Waals surface area (Å²) in [6.07, 6.45) is 7.59. The van der Waals surface area contributed by atoms with E-state index in [9.17, 15) is 9.00 Å². The topological polar surface area (TPSA) is 49.4 Å². The molecule has 0 saturated carbocycles. The molecule has 2 rings (SSSR count). The summed E-state index contributed by atoms with van der Waals surface area (Å²) in [4.78, 5) is 12.3. The minimum Gasteiger partial charge on any atom is -0.351 e. The first kappa shape index (κ1) is 15.7. The van der Waals surface area contributed by atoms with E-state index in [2.05, 4.69) is 11.4 Å². The first-order chi connectivity index (χ1) is 9.63. The van der Waals surface area contributed by atoms with Crippen LogP contribution in [0.4, 0.5) is 0 Å². The summed E-state index contributed by atoms with van der Waals surface area (Å²) in [6, 6.07) is -0.276. The van der Waals surface area contributed by atoms with Gasteiger partial charge in [0.2, 0.25) is 5.91 Å². The van der Waals surface area contributed by atoms with Gasteiger partial charge in [-0.15, -0.1) is 0 Å². The van der Waals surface area contributed by atoms with Crippen LogP contribution in [0.15, 0.2) is 22.8 Å². The Morgan fingerprint density at radius 1 is 1.50 bits per heavy atom. The largest absolute Gasteiger partial charge is 0.351 e. The molecule has 0 aromatic rings. The fraction of sp³-hybridized carbons (Fsp3) is 0.643. The Hall–Kier alpha value is -0.650. The van der Waals surface area contributed by atoms with E-state index in [0.29, 0.717) is 18.8 Å². The molecular formula is C14H21ClN2O2S. The predicted molar refractivity (Wildman–Crippen MR) is 82.7 cm³/mol. The van der Waals surface area contributed by atoms with Crippen molar-refractivity contribution in [1.29, 1.82) is 0 Å². The molecule has 2 aliphatic rings. The van der Waals surface area contributed by atoms with E-state index >= 15 is 0 Å². The molecule has 20 heavy (non-hydrogen) atoms. The second-order valence-electron chi connectivity index (χ2n) is 4.99. The van der Waals surface area contributed by atoms with Crippen LogP contribution in [0.1, 0.15) is 32.6 Å². The van der Waals surface area contributed by atoms with Crippen molar-refractivity contribution in [2.75, 3.05) is 18.8 Å². The van der Waals surface area contributed by atoms with Gasteiger partial charge in [-0.05, 0) is 31.3 Å². The van der Waals surface area contributed by atoms with Crippen molar-refractivity contribution in [3.8, 4) is 0 Å². The van der Waals surface area contributed by atoms with Crippen LogP contribution in [0, 0.1) is 0 Å². The third kappa shape index (κ3) is 3.71. The predicted octanol–water partition coefficient (Wildman–Crippen LogP) is 2.09. The standard InChI is InChI=1S/C14H21ClN2O2S/c1-2-17-13(8-5-9-20(17)19)14(18)16-10-11-6-3-4-7-12(11)15/h6-7,13H,2-5,8-10H2,1H3,(H,16,18). The summed E-state index contributed by atoms with van der Waals surface area (Å²) in [6.45, 7) is 3.02. The Bertz CT molecular complexity index is 462. The molecule has 4 nitrogen and oxygen atoms in total. The fourth-order valence-corrected chi connectivity index (χ4v) is 4.26. The van der Waals surface area contributed by atoms with Crippen LogP contribution < -0.4 is 5.32 Å². The van der Waals surface area contributed by atoms with Gasteiger partial charge in [0.1, 0.15) is 6.04 Å². The molecule has 2 unspecified atom stereocenters. The highest BCUT2D eigenvalue weighted by atomic mass is 35.5. The smallest absolute Gasteiger partial charge is 0.238 e. The molecule has 1 fully saturated rings. The lowest BCUT2D eigenvalue weighted by Crippen LogP contribution is -2.50. The van der Waals surface area contributed by atoms with Crippen molar-refractivity contribution >= 4 is 28.5 Å². The van der Waals surface area contributed by atoms with Gasteiger partial charge in [-0.3, -0.25) is 4.79 Å². The lowest BCUT2D eigenvalue weighted by molar-refractivity contribution is -0.124. The fourth-order valence-electron chi connectivity index (χ4n) is 2.58. The number of halogens is 1. The summed E-state index contributed by atoms with van der Waals surface area (Å²) >= 11 is 6.11. The van der Waals surface area contributed by atoms with Gasteiger partial charge in [0.25, 0.3) is 0 Å². The molecular weight excluding hydrogens is 296 g/mol. The van der Waals surface area contributed by atoms with E-state index in [1.807, 2.05) is 13.0 Å². The lowest BCUT2D eigenvalue weighted by atomic mass is 10.1. The maximum atomic E-state index is 12.3. The number of allylic oxidation sites excluding steroid dienone is 2. The van der Waals surface area contributed by atoms with Gasteiger partial charge >= 0.3 is 0 Å². The van der Waals surface area contributed by atoms with Gasteiger partial charge in [-0.25, -0.2) is 8.51 Å². The number of likely N-dealkylation sites (N-methyl/N-ethyl adjacent to an activating group) is 1. The minimum absolute atomic E-state index is 0.0455. The summed E-state index contributed by atoms with van der Waals surface area (Å²) in [5, 5.41) is 3.66. The average Bonchev–Trinajstić information content (AvgIpc) is 2.46. The second-order valence-corrected chi connectivity index (χ2v) is 6.92. The number of nitrogens with one attached hydrogen (secondary N) is 1. The Morgan fingerprint density at radius 3 is 2.95 bits per heavy atom. The van der Waals surface area contributed by atoms with Gasteiger partial charge in [-0.2, -0.15) is 0 Å². The Balaban J connectivity index is 1.92. The van der Waals surface area contributed by atoms with Gasteiger partial charge in [0, 0.05) is 23.9 Å². The van der Waals surface area contributed by atoms with E-state index in [0.717, 1.165) is 36.3 Å². The van der Waals surface area contributed by atoms with Crippen LogP contribution in [-0.2, 0) is 15.8 Å². The molecule has 0 spiro atoms. The molecule has 1 aliphatic carbocycles. The van der Waals surface area contributed by atoms with Crippen LogP contribution >= 0.6 is 11.6 Å². The van der Waals surface area contributed by atoms with E-state index in [1.165, 1.54) is 0 Å². The first-order valence-corrected chi connectivity index (χ1v) is 8.76. The van der Waals surface area contributed by atoms with Crippen LogP contribution in [0.3, 0.4) is 0 Å². The van der Waals surface area contributed by atoms with Gasteiger partial charge in [0.05, 0.1) is 11.0 Å². The number of nitrogens with zero attached hydrogens (tertiary/aromatic N) is 1. The summed E-state index contributed by atoms with van der Waals surface area (Å²) in [5.41, 5.74) is 0.978. The maximum absolute atomic E-state index is 12.3. The third-order valence-corrected chi connectivity index (χ3v) is 5.73. The van der Waals surface area contributed by atoms with E-state index in [-0.39, 0.29) is 11.9 Å². The second kappa shape index (κ2) is 7.38. The van der Waals surface area contributed by atoms with Crippen molar-refractivity contribution in [1.82, 2.24) is 9.62 Å². The van der Waals surface area contributed by atoms with Crippen molar-refractivity contribution in [3.63, 3.8) is 0 Å². The summed E-state index contributed by atoms with van der Waals surface area (Å²) in [7, 11) is -1.02. The number of hydrogen-bond acceptors (Lipinski definition) is 2. The Labute approximate surface area is 127 Å². The van der Waals surface area contributed by atoms with E-state index in [4.69, 9.17) is 11.6 Å². The zero-order valence-electron chi connectivity index (χ0n) is 11.7. The number of carbonyl (C=O) groups excluding carboxylic acids is 1. The molecule has 0 radical (unpaired) electrons. The lowest BCUT2D eigenvalue weighted by Gasteiger charge is -2.32. The number of rotatable bonds is 4. The molecule has 6 heteroatoms. The summed E-state index contributed by atoms with van der Waals surface area (Å²) in [5.74, 6) is 0.619. The third-order valence-electron chi connectivity index (χ3n) is 3.66.